The van der Waals surface area contributed by atoms with Crippen LogP contribution < -0.4 is 10.5 Å². The highest BCUT2D eigenvalue weighted by molar-refractivity contribution is 7.99. The molecule has 0 atom stereocenters. The Hall–Kier alpha value is -2.51. The van der Waals surface area contributed by atoms with Gasteiger partial charge in [-0.25, -0.2) is 14.3 Å². The molecule has 0 radical (unpaired) electrons. The first-order chi connectivity index (χ1) is 13.1. The van der Waals surface area contributed by atoms with Gasteiger partial charge in [0.05, 0.1) is 35.1 Å². The number of halogens is 1. The van der Waals surface area contributed by atoms with Crippen LogP contribution in [0.15, 0.2) is 47.3 Å². The fourth-order valence-corrected chi connectivity index (χ4v) is 4.10. The van der Waals surface area contributed by atoms with Gasteiger partial charge in [-0.1, -0.05) is 11.6 Å². The number of benzene rings is 2. The summed E-state index contributed by atoms with van der Waals surface area (Å²) in [6.45, 7) is 0.799. The molecule has 0 saturated carbocycles. The third kappa shape index (κ3) is 3.28. The molecule has 0 amide bonds. The molecule has 4 rings (SSSR count). The first-order valence-corrected chi connectivity index (χ1v) is 9.85. The van der Waals surface area contributed by atoms with Crippen molar-refractivity contribution >= 4 is 46.2 Å². The molecule has 2 aromatic carbocycles. The highest BCUT2D eigenvalue weighted by Gasteiger charge is 2.22. The zero-order chi connectivity index (χ0) is 19.0. The monoisotopic (exact) mass is 401 g/mol. The molecule has 1 aliphatic rings. The number of rotatable bonds is 3. The Labute approximate surface area is 164 Å². The van der Waals surface area contributed by atoms with E-state index in [1.165, 1.54) is 7.11 Å². The Morgan fingerprint density at radius 2 is 2.00 bits per heavy atom. The van der Waals surface area contributed by atoms with Crippen molar-refractivity contribution in [2.75, 3.05) is 30.2 Å². The predicted octanol–water partition coefficient (Wildman–Crippen LogP) is 3.34. The molecule has 0 unspecified atom stereocenters. The summed E-state index contributed by atoms with van der Waals surface area (Å²) in [5.41, 5.74) is 1.34. The molecule has 2 heterocycles. The molecule has 0 aliphatic carbocycles. The smallest absolute Gasteiger partial charge is 0.337 e. The van der Waals surface area contributed by atoms with Gasteiger partial charge in [-0.05, 0) is 42.5 Å². The first-order valence-electron chi connectivity index (χ1n) is 8.32. The minimum atomic E-state index is -0.459. The van der Waals surface area contributed by atoms with Crippen LogP contribution in [0.5, 0.6) is 0 Å². The van der Waals surface area contributed by atoms with Gasteiger partial charge in [0.2, 0.25) is 5.95 Å². The molecular formula is C19H16ClN3O3S. The van der Waals surface area contributed by atoms with Crippen LogP contribution in [0.1, 0.15) is 10.4 Å². The zero-order valence-electron chi connectivity index (χ0n) is 14.5. The number of anilines is 1. The number of fused-ring (bicyclic) bond motifs is 1. The number of nitrogens with zero attached hydrogens (tertiary/aromatic N) is 3. The lowest BCUT2D eigenvalue weighted by atomic mass is 10.1. The van der Waals surface area contributed by atoms with Crippen LogP contribution in [-0.2, 0) is 4.74 Å². The lowest BCUT2D eigenvalue weighted by molar-refractivity contribution is 0.0601. The Balaban J connectivity index is 1.98. The van der Waals surface area contributed by atoms with E-state index >= 15 is 0 Å². The molecule has 27 heavy (non-hydrogen) atoms. The number of methoxy groups -OCH3 is 1. The van der Waals surface area contributed by atoms with Crippen LogP contribution >= 0.6 is 23.4 Å². The van der Waals surface area contributed by atoms with E-state index in [0.717, 1.165) is 18.2 Å². The van der Waals surface area contributed by atoms with Gasteiger partial charge in [0.15, 0.2) is 0 Å². The molecule has 0 spiro atoms. The Morgan fingerprint density at radius 1 is 1.22 bits per heavy atom. The van der Waals surface area contributed by atoms with E-state index in [9.17, 15) is 9.59 Å². The lowest BCUT2D eigenvalue weighted by Crippen LogP contribution is -2.30. The second-order valence-electron chi connectivity index (χ2n) is 6.05. The van der Waals surface area contributed by atoms with Gasteiger partial charge in [0.1, 0.15) is 0 Å². The van der Waals surface area contributed by atoms with Crippen molar-refractivity contribution in [2.24, 2.45) is 0 Å². The van der Waals surface area contributed by atoms with E-state index in [0.29, 0.717) is 33.1 Å². The van der Waals surface area contributed by atoms with Crippen molar-refractivity contribution in [3.8, 4) is 5.69 Å². The largest absolute Gasteiger partial charge is 0.465 e. The predicted molar refractivity (Wildman–Crippen MR) is 108 cm³/mol. The van der Waals surface area contributed by atoms with Crippen LogP contribution in [-0.4, -0.2) is 40.8 Å². The maximum atomic E-state index is 13.3. The summed E-state index contributed by atoms with van der Waals surface area (Å²) in [6, 6.07) is 11.9. The third-order valence-corrected chi connectivity index (χ3v) is 5.61. The molecular weight excluding hydrogens is 386 g/mol. The zero-order valence-corrected chi connectivity index (χ0v) is 16.1. The summed E-state index contributed by atoms with van der Waals surface area (Å²) >= 11 is 7.78. The van der Waals surface area contributed by atoms with Crippen LogP contribution in [0.3, 0.4) is 0 Å². The van der Waals surface area contributed by atoms with Crippen molar-refractivity contribution in [1.29, 1.82) is 0 Å². The highest BCUT2D eigenvalue weighted by atomic mass is 35.5. The molecule has 1 aliphatic heterocycles. The Morgan fingerprint density at radius 3 is 2.67 bits per heavy atom. The molecule has 6 nitrogen and oxygen atoms in total. The van der Waals surface area contributed by atoms with Crippen LogP contribution in [0, 0.1) is 0 Å². The molecule has 138 valence electrons. The molecule has 1 saturated heterocycles. The number of esters is 1. The van der Waals surface area contributed by atoms with Gasteiger partial charge < -0.3 is 9.64 Å². The number of hydrogen-bond acceptors (Lipinski definition) is 6. The van der Waals surface area contributed by atoms with Crippen molar-refractivity contribution < 1.29 is 9.53 Å². The summed E-state index contributed by atoms with van der Waals surface area (Å²) in [5.74, 6) is 1.82. The van der Waals surface area contributed by atoms with E-state index in [4.69, 9.17) is 21.3 Å². The number of ether oxygens (including phenoxy) is 1. The number of carbonyl (C=O) groups is 1. The lowest BCUT2D eigenvalue weighted by Gasteiger charge is -2.21. The quantitative estimate of drug-likeness (QED) is 0.627. The minimum absolute atomic E-state index is 0.189. The summed E-state index contributed by atoms with van der Waals surface area (Å²) in [5, 5.41) is 1.04. The van der Waals surface area contributed by atoms with Gasteiger partial charge in [0, 0.05) is 17.3 Å². The van der Waals surface area contributed by atoms with Crippen LogP contribution in [0.4, 0.5) is 5.95 Å². The molecule has 1 aromatic heterocycles. The Bertz CT molecular complexity index is 1080. The minimum Gasteiger partial charge on any atom is -0.465 e. The van der Waals surface area contributed by atoms with E-state index in [1.807, 2.05) is 0 Å². The standard InChI is InChI=1S/C19H16ClN3O3S/c1-26-18(25)12-2-7-15-16(10-12)21-19(22-8-9-27-11-22)23(17(15)24)14-5-3-13(20)4-6-14/h2-7,10H,8-9,11H2,1H3. The van der Waals surface area contributed by atoms with Gasteiger partial charge in [0.25, 0.3) is 5.56 Å². The first kappa shape index (κ1) is 17.9. The summed E-state index contributed by atoms with van der Waals surface area (Å²) < 4.78 is 6.37. The number of thioether (sulfide) groups is 1. The van der Waals surface area contributed by atoms with Gasteiger partial charge in [-0.3, -0.25) is 4.79 Å². The van der Waals surface area contributed by atoms with E-state index in [-0.39, 0.29) is 5.56 Å². The molecule has 0 N–H and O–H groups in total. The number of hydrogen-bond donors (Lipinski definition) is 0. The number of carbonyl (C=O) groups excluding carboxylic acids is 1. The van der Waals surface area contributed by atoms with Crippen LogP contribution in [0.25, 0.3) is 16.6 Å². The fraction of sp³-hybridized carbons (Fsp3) is 0.211. The van der Waals surface area contributed by atoms with Crippen molar-refractivity contribution in [3.63, 3.8) is 0 Å². The second-order valence-corrected chi connectivity index (χ2v) is 7.56. The molecule has 3 aromatic rings. The average molecular weight is 402 g/mol. The maximum Gasteiger partial charge on any atom is 0.337 e. The van der Waals surface area contributed by atoms with E-state index in [2.05, 4.69) is 4.90 Å². The van der Waals surface area contributed by atoms with Crippen molar-refractivity contribution in [1.82, 2.24) is 9.55 Å². The Kier molecular flexibility index (Phi) is 4.80. The van der Waals surface area contributed by atoms with Gasteiger partial charge >= 0.3 is 5.97 Å². The van der Waals surface area contributed by atoms with Crippen molar-refractivity contribution in [2.45, 2.75) is 0 Å². The normalized spacial score (nSPS) is 13.9. The summed E-state index contributed by atoms with van der Waals surface area (Å²) in [6.07, 6.45) is 0. The molecule has 1 fully saturated rings. The fourth-order valence-electron chi connectivity index (χ4n) is 3.03. The summed E-state index contributed by atoms with van der Waals surface area (Å²) in [7, 11) is 1.32. The van der Waals surface area contributed by atoms with Crippen LogP contribution in [0.2, 0.25) is 5.02 Å². The SMILES string of the molecule is COC(=O)c1ccc2c(=O)n(-c3ccc(Cl)cc3)c(N3CCSC3)nc2c1. The summed E-state index contributed by atoms with van der Waals surface area (Å²) in [4.78, 5) is 31.9. The molecule has 8 heteroatoms. The average Bonchev–Trinajstić information content (AvgIpc) is 3.22. The topological polar surface area (TPSA) is 64.4 Å². The van der Waals surface area contributed by atoms with Gasteiger partial charge in [-0.15, -0.1) is 11.8 Å². The maximum absolute atomic E-state index is 13.3. The molecule has 0 bridgehead atoms. The van der Waals surface area contributed by atoms with E-state index < -0.39 is 5.97 Å². The number of aromatic nitrogens is 2. The highest BCUT2D eigenvalue weighted by Crippen LogP contribution is 2.25. The second kappa shape index (κ2) is 7.25. The van der Waals surface area contributed by atoms with E-state index in [1.54, 1.807) is 58.8 Å². The third-order valence-electron chi connectivity index (χ3n) is 4.39. The van der Waals surface area contributed by atoms with Crippen molar-refractivity contribution in [3.05, 3.63) is 63.4 Å². The van der Waals surface area contributed by atoms with Gasteiger partial charge in [-0.2, -0.15) is 0 Å².